The van der Waals surface area contributed by atoms with Crippen molar-refractivity contribution in [2.45, 2.75) is 13.3 Å². The van der Waals surface area contributed by atoms with Gasteiger partial charge in [0.05, 0.1) is 12.1 Å². The summed E-state index contributed by atoms with van der Waals surface area (Å²) in [7, 11) is 0. The van der Waals surface area contributed by atoms with Crippen molar-refractivity contribution in [3.8, 4) is 0 Å². The van der Waals surface area contributed by atoms with Gasteiger partial charge in [-0.15, -0.1) is 0 Å². The maximum atomic E-state index is 11.7. The van der Waals surface area contributed by atoms with Crippen molar-refractivity contribution < 1.29 is 9.90 Å². The van der Waals surface area contributed by atoms with Crippen LogP contribution >= 0.6 is 0 Å². The molecule has 2 aromatic rings. The molecule has 2 N–H and O–H groups in total. The topological polar surface area (TPSA) is 87.5 Å². The monoisotopic (exact) mass is 207 g/mol. The minimum Gasteiger partial charge on any atom is -0.481 e. The normalized spacial score (nSPS) is 10.7. The number of nitrogens with zero attached hydrogens (tertiary/aromatic N) is 2. The molecule has 78 valence electrons. The molecule has 6 nitrogen and oxygen atoms in total. The average Bonchev–Trinajstić information content (AvgIpc) is 2.51. The maximum absolute atomic E-state index is 11.7. The number of carboxylic acids is 1. The summed E-state index contributed by atoms with van der Waals surface area (Å²) >= 11 is 0. The molecule has 15 heavy (non-hydrogen) atoms. The summed E-state index contributed by atoms with van der Waals surface area (Å²) in [5.74, 6) is -1.04. The molecule has 2 aromatic heterocycles. The van der Waals surface area contributed by atoms with Crippen LogP contribution in [0.15, 0.2) is 17.1 Å². The molecule has 0 amide bonds. The Morgan fingerprint density at radius 3 is 3.07 bits per heavy atom. The molecule has 0 saturated heterocycles. The van der Waals surface area contributed by atoms with Gasteiger partial charge in [-0.2, -0.15) is 9.61 Å². The minimum absolute atomic E-state index is 0.193. The van der Waals surface area contributed by atoms with Crippen molar-refractivity contribution in [2.75, 3.05) is 0 Å². The molecule has 0 atom stereocenters. The lowest BCUT2D eigenvalue weighted by Crippen LogP contribution is -2.21. The molecular weight excluding hydrogens is 198 g/mol. The van der Waals surface area contributed by atoms with Gasteiger partial charge in [-0.1, -0.05) is 0 Å². The van der Waals surface area contributed by atoms with E-state index in [0.717, 1.165) is 0 Å². The highest BCUT2D eigenvalue weighted by molar-refractivity contribution is 5.69. The smallest absolute Gasteiger partial charge is 0.308 e. The van der Waals surface area contributed by atoms with Crippen LogP contribution in [0, 0.1) is 6.92 Å². The number of H-pyrrole nitrogens is 1. The predicted octanol–water partition coefficient (Wildman–Crippen LogP) is -0.0419. The highest BCUT2D eigenvalue weighted by atomic mass is 16.4. The fourth-order valence-electron chi connectivity index (χ4n) is 1.41. The highest BCUT2D eigenvalue weighted by Gasteiger charge is 2.09. The van der Waals surface area contributed by atoms with Crippen molar-refractivity contribution in [2.24, 2.45) is 0 Å². The molecule has 0 aliphatic heterocycles. The number of fused-ring (bicyclic) bond motifs is 1. The van der Waals surface area contributed by atoms with Gasteiger partial charge in [0.15, 0.2) is 0 Å². The Kier molecular flexibility index (Phi) is 2.03. The van der Waals surface area contributed by atoms with Crippen LogP contribution < -0.4 is 5.56 Å². The second-order valence-corrected chi connectivity index (χ2v) is 3.27. The number of carboxylic acid groups (broad SMARTS) is 1. The molecule has 0 aliphatic rings. The lowest BCUT2D eigenvalue weighted by atomic mass is 10.2. The molecule has 2 heterocycles. The standard InChI is InChI=1S/C9H9N3O3/c1-5-2-7-10-4-6(3-8(13)14)9(15)12(7)11-5/h2,4,10H,3H2,1H3,(H,13,14). The Hall–Kier alpha value is -2.11. The van der Waals surface area contributed by atoms with E-state index in [1.807, 2.05) is 0 Å². The summed E-state index contributed by atoms with van der Waals surface area (Å²) in [6, 6.07) is 1.71. The van der Waals surface area contributed by atoms with Crippen molar-refractivity contribution in [1.29, 1.82) is 0 Å². The molecule has 0 saturated carbocycles. The number of aromatic amines is 1. The first-order chi connectivity index (χ1) is 7.08. The summed E-state index contributed by atoms with van der Waals surface area (Å²) < 4.78 is 1.17. The van der Waals surface area contributed by atoms with Crippen LogP contribution in [-0.2, 0) is 11.2 Å². The van der Waals surface area contributed by atoms with Crippen LogP contribution in [0.1, 0.15) is 11.3 Å². The van der Waals surface area contributed by atoms with Crippen LogP contribution in [0.3, 0.4) is 0 Å². The first kappa shape index (κ1) is 9.45. The van der Waals surface area contributed by atoms with E-state index in [2.05, 4.69) is 10.1 Å². The van der Waals surface area contributed by atoms with Crippen molar-refractivity contribution in [3.05, 3.63) is 33.9 Å². The third-order valence-electron chi connectivity index (χ3n) is 2.03. The first-order valence-electron chi connectivity index (χ1n) is 4.36. The lowest BCUT2D eigenvalue weighted by molar-refractivity contribution is -0.136. The second-order valence-electron chi connectivity index (χ2n) is 3.27. The molecular formula is C9H9N3O3. The van der Waals surface area contributed by atoms with Gasteiger partial charge in [0.2, 0.25) is 0 Å². The molecule has 0 bridgehead atoms. The van der Waals surface area contributed by atoms with Crippen molar-refractivity contribution in [1.82, 2.24) is 14.6 Å². The largest absolute Gasteiger partial charge is 0.481 e. The van der Waals surface area contributed by atoms with Gasteiger partial charge in [-0.05, 0) is 6.92 Å². The second kappa shape index (κ2) is 3.23. The number of nitrogens with one attached hydrogen (secondary N) is 1. The van der Waals surface area contributed by atoms with Gasteiger partial charge in [-0.25, -0.2) is 0 Å². The zero-order valence-corrected chi connectivity index (χ0v) is 8.02. The quantitative estimate of drug-likeness (QED) is 0.723. The van der Waals surface area contributed by atoms with E-state index in [1.54, 1.807) is 13.0 Å². The van der Waals surface area contributed by atoms with E-state index >= 15 is 0 Å². The third kappa shape index (κ3) is 1.61. The van der Waals surface area contributed by atoms with E-state index in [-0.39, 0.29) is 17.5 Å². The van der Waals surface area contributed by atoms with Crippen LogP contribution in [0.5, 0.6) is 0 Å². The van der Waals surface area contributed by atoms with E-state index in [0.29, 0.717) is 11.3 Å². The summed E-state index contributed by atoms with van der Waals surface area (Å²) in [5.41, 5.74) is 1.07. The van der Waals surface area contributed by atoms with Crippen LogP contribution in [0.25, 0.3) is 5.65 Å². The molecule has 2 rings (SSSR count). The average molecular weight is 207 g/mol. The minimum atomic E-state index is -1.04. The zero-order chi connectivity index (χ0) is 11.0. The number of hydrogen-bond donors (Lipinski definition) is 2. The van der Waals surface area contributed by atoms with Gasteiger partial charge < -0.3 is 10.1 Å². The molecule has 0 unspecified atom stereocenters. The van der Waals surface area contributed by atoms with Gasteiger partial charge in [0.1, 0.15) is 5.65 Å². The van der Waals surface area contributed by atoms with Gasteiger partial charge in [0, 0.05) is 17.8 Å². The SMILES string of the molecule is Cc1cc2[nH]cc(CC(=O)O)c(=O)n2n1. The molecule has 0 aliphatic carbocycles. The number of aromatic nitrogens is 3. The number of aryl methyl sites for hydroxylation is 1. The number of aliphatic carboxylic acids is 1. The summed E-state index contributed by atoms with van der Waals surface area (Å²) in [6.07, 6.45) is 1.11. The molecule has 0 radical (unpaired) electrons. The number of rotatable bonds is 2. The zero-order valence-electron chi connectivity index (χ0n) is 8.02. The molecule has 0 fully saturated rings. The van der Waals surface area contributed by atoms with Crippen LogP contribution in [-0.4, -0.2) is 25.7 Å². The Morgan fingerprint density at radius 1 is 1.67 bits per heavy atom. The first-order valence-corrected chi connectivity index (χ1v) is 4.36. The van der Waals surface area contributed by atoms with Crippen LogP contribution in [0.2, 0.25) is 0 Å². The van der Waals surface area contributed by atoms with Gasteiger partial charge in [-0.3, -0.25) is 9.59 Å². The summed E-state index contributed by atoms with van der Waals surface area (Å²) in [6.45, 7) is 1.76. The predicted molar refractivity (Wildman–Crippen MR) is 51.9 cm³/mol. The van der Waals surface area contributed by atoms with E-state index in [4.69, 9.17) is 5.11 Å². The third-order valence-corrected chi connectivity index (χ3v) is 2.03. The molecule has 0 spiro atoms. The fourth-order valence-corrected chi connectivity index (χ4v) is 1.41. The molecule has 6 heteroatoms. The van der Waals surface area contributed by atoms with Gasteiger partial charge >= 0.3 is 5.97 Å². The fraction of sp³-hybridized carbons (Fsp3) is 0.222. The van der Waals surface area contributed by atoms with E-state index in [1.165, 1.54) is 10.7 Å². The lowest BCUT2D eigenvalue weighted by Gasteiger charge is -1.97. The Morgan fingerprint density at radius 2 is 2.40 bits per heavy atom. The Labute approximate surface area is 84.2 Å². The van der Waals surface area contributed by atoms with Crippen LogP contribution in [0.4, 0.5) is 0 Å². The Bertz CT molecular complexity index is 582. The van der Waals surface area contributed by atoms with E-state index in [9.17, 15) is 9.59 Å². The van der Waals surface area contributed by atoms with Gasteiger partial charge in [0.25, 0.3) is 5.56 Å². The van der Waals surface area contributed by atoms with Crippen molar-refractivity contribution in [3.63, 3.8) is 0 Å². The maximum Gasteiger partial charge on any atom is 0.308 e. The molecule has 0 aromatic carbocycles. The Balaban J connectivity index is 2.64. The summed E-state index contributed by atoms with van der Waals surface area (Å²) in [5, 5.41) is 12.5. The number of carbonyl (C=O) groups is 1. The highest BCUT2D eigenvalue weighted by Crippen LogP contribution is 2.00. The van der Waals surface area contributed by atoms with Crippen molar-refractivity contribution >= 4 is 11.6 Å². The van der Waals surface area contributed by atoms with E-state index < -0.39 is 5.97 Å². The summed E-state index contributed by atoms with van der Waals surface area (Å²) in [4.78, 5) is 25.0. The number of hydrogen-bond acceptors (Lipinski definition) is 3.